The SMILES string of the molecule is CC12CSC(CCCCC(=O)NCCOCCOCCOCCN)C1(C)NC(=O)N2. The summed E-state index contributed by atoms with van der Waals surface area (Å²) in [6, 6.07) is -0.0741. The van der Waals surface area contributed by atoms with Crippen molar-refractivity contribution in [1.29, 1.82) is 0 Å². The van der Waals surface area contributed by atoms with Crippen molar-refractivity contribution < 1.29 is 23.8 Å². The summed E-state index contributed by atoms with van der Waals surface area (Å²) in [6.45, 7) is 8.35. The molecule has 2 heterocycles. The number of hydrogen-bond donors (Lipinski definition) is 4. The largest absolute Gasteiger partial charge is 0.378 e. The quantitative estimate of drug-likeness (QED) is 0.202. The van der Waals surface area contributed by atoms with Crippen LogP contribution in [0, 0.1) is 0 Å². The van der Waals surface area contributed by atoms with Gasteiger partial charge in [-0.25, -0.2) is 4.79 Å². The fourth-order valence-corrected chi connectivity index (χ4v) is 5.70. The van der Waals surface area contributed by atoms with Crippen LogP contribution in [0.25, 0.3) is 0 Å². The topological polar surface area (TPSA) is 124 Å². The molecule has 0 aromatic carbocycles. The molecule has 0 aliphatic carbocycles. The molecular formula is C20H38N4O5S. The van der Waals surface area contributed by atoms with Gasteiger partial charge in [-0.05, 0) is 26.7 Å². The molecule has 0 aromatic rings. The van der Waals surface area contributed by atoms with Crippen LogP contribution >= 0.6 is 11.8 Å². The highest BCUT2D eigenvalue weighted by molar-refractivity contribution is 8.00. The van der Waals surface area contributed by atoms with Gasteiger partial charge in [0.15, 0.2) is 0 Å². The Morgan fingerprint density at radius 2 is 1.77 bits per heavy atom. The van der Waals surface area contributed by atoms with Crippen LogP contribution in [-0.4, -0.2) is 86.7 Å². The minimum absolute atomic E-state index is 0.0536. The molecule has 2 rings (SSSR count). The van der Waals surface area contributed by atoms with Gasteiger partial charge in [0.1, 0.15) is 0 Å². The molecule has 0 aromatic heterocycles. The van der Waals surface area contributed by atoms with Crippen molar-refractivity contribution >= 4 is 23.7 Å². The third-order valence-electron chi connectivity index (χ3n) is 5.82. The zero-order valence-corrected chi connectivity index (χ0v) is 19.1. The summed E-state index contributed by atoms with van der Waals surface area (Å²) in [4.78, 5) is 23.7. The van der Waals surface area contributed by atoms with E-state index in [1.54, 1.807) is 0 Å². The fourth-order valence-electron chi connectivity index (χ4n) is 3.80. The van der Waals surface area contributed by atoms with Crippen molar-refractivity contribution in [1.82, 2.24) is 16.0 Å². The molecule has 0 radical (unpaired) electrons. The number of carbonyl (C=O) groups excluding carboxylic acids is 2. The molecule has 3 amide bonds. The van der Waals surface area contributed by atoms with Crippen molar-refractivity contribution in [2.75, 3.05) is 58.5 Å². The maximum absolute atomic E-state index is 12.0. The summed E-state index contributed by atoms with van der Waals surface area (Å²) in [5.74, 6) is 0.971. The molecule has 2 fully saturated rings. The zero-order chi connectivity index (χ0) is 21.9. The second-order valence-corrected chi connectivity index (χ2v) is 9.33. The summed E-state index contributed by atoms with van der Waals surface area (Å²) < 4.78 is 16.0. The second-order valence-electron chi connectivity index (χ2n) is 8.13. The van der Waals surface area contributed by atoms with Gasteiger partial charge in [-0.15, -0.1) is 0 Å². The molecule has 9 nitrogen and oxygen atoms in total. The van der Waals surface area contributed by atoms with Crippen LogP contribution in [0.3, 0.4) is 0 Å². The molecule has 2 aliphatic rings. The van der Waals surface area contributed by atoms with Gasteiger partial charge in [-0.1, -0.05) is 6.42 Å². The molecule has 5 N–H and O–H groups in total. The van der Waals surface area contributed by atoms with Crippen LogP contribution in [-0.2, 0) is 19.0 Å². The first-order valence-electron chi connectivity index (χ1n) is 10.8. The maximum atomic E-state index is 12.0. The molecular weight excluding hydrogens is 408 g/mol. The van der Waals surface area contributed by atoms with Crippen molar-refractivity contribution in [3.8, 4) is 0 Å². The highest BCUT2D eigenvalue weighted by atomic mass is 32.2. The number of carbonyl (C=O) groups is 2. The number of unbranched alkanes of at least 4 members (excludes halogenated alkanes) is 1. The van der Waals surface area contributed by atoms with E-state index >= 15 is 0 Å². The van der Waals surface area contributed by atoms with Crippen molar-refractivity contribution in [3.05, 3.63) is 0 Å². The highest BCUT2D eigenvalue weighted by Crippen LogP contribution is 2.47. The number of rotatable bonds is 16. The third-order valence-corrected chi connectivity index (χ3v) is 7.67. The van der Waals surface area contributed by atoms with E-state index in [0.717, 1.165) is 25.0 Å². The van der Waals surface area contributed by atoms with Crippen LogP contribution < -0.4 is 21.7 Å². The average molecular weight is 447 g/mol. The standard InChI is InChI=1S/C20H38N4O5S/c1-19-15-30-16(20(19,2)24-18(26)23-19)5-3-4-6-17(25)22-8-10-28-12-14-29-13-11-27-9-7-21/h16H,3-15,21H2,1-2H3,(H,22,25)(H2,23,24,26). The number of urea groups is 1. The first-order chi connectivity index (χ1) is 14.4. The lowest BCUT2D eigenvalue weighted by atomic mass is 9.79. The van der Waals surface area contributed by atoms with E-state index < -0.39 is 0 Å². The smallest absolute Gasteiger partial charge is 0.315 e. The minimum Gasteiger partial charge on any atom is -0.378 e. The number of thioether (sulfide) groups is 1. The molecule has 174 valence electrons. The Labute approximate surface area is 183 Å². The lowest BCUT2D eigenvalue weighted by Gasteiger charge is -2.35. The first-order valence-corrected chi connectivity index (χ1v) is 11.9. The predicted octanol–water partition coefficient (Wildman–Crippen LogP) is 0.617. The van der Waals surface area contributed by atoms with Gasteiger partial charge in [0.05, 0.1) is 50.7 Å². The third kappa shape index (κ3) is 7.26. The van der Waals surface area contributed by atoms with Crippen LogP contribution in [0.5, 0.6) is 0 Å². The van der Waals surface area contributed by atoms with Crippen LogP contribution in [0.4, 0.5) is 4.79 Å². The number of nitrogens with two attached hydrogens (primary N) is 1. The van der Waals surface area contributed by atoms with Crippen molar-refractivity contribution in [2.24, 2.45) is 5.73 Å². The molecule has 0 saturated carbocycles. The van der Waals surface area contributed by atoms with Gasteiger partial charge < -0.3 is 35.9 Å². The minimum atomic E-state index is -0.227. The van der Waals surface area contributed by atoms with E-state index in [9.17, 15) is 9.59 Å². The predicted molar refractivity (Wildman–Crippen MR) is 118 cm³/mol. The first kappa shape index (κ1) is 25.2. The van der Waals surface area contributed by atoms with E-state index in [-0.39, 0.29) is 23.0 Å². The number of ether oxygens (including phenoxy) is 3. The van der Waals surface area contributed by atoms with E-state index in [4.69, 9.17) is 19.9 Å². The summed E-state index contributed by atoms with van der Waals surface area (Å²) >= 11 is 1.91. The van der Waals surface area contributed by atoms with Crippen LogP contribution in [0.2, 0.25) is 0 Å². The molecule has 10 heteroatoms. The van der Waals surface area contributed by atoms with Crippen LogP contribution in [0.15, 0.2) is 0 Å². The lowest BCUT2D eigenvalue weighted by molar-refractivity contribution is -0.121. The van der Waals surface area contributed by atoms with Gasteiger partial charge in [-0.2, -0.15) is 11.8 Å². The average Bonchev–Trinajstić information content (AvgIpc) is 3.07. The Bertz CT molecular complexity index is 555. The van der Waals surface area contributed by atoms with E-state index in [0.29, 0.717) is 64.4 Å². The highest BCUT2D eigenvalue weighted by Gasteiger charge is 2.60. The summed E-state index contributed by atoms with van der Waals surface area (Å²) in [7, 11) is 0. The normalized spacial score (nSPS) is 27.6. The van der Waals surface area contributed by atoms with E-state index in [2.05, 4.69) is 29.8 Å². The lowest BCUT2D eigenvalue weighted by Crippen LogP contribution is -2.58. The monoisotopic (exact) mass is 446 g/mol. The molecule has 0 spiro atoms. The fraction of sp³-hybridized carbons (Fsp3) is 0.900. The Balaban J connectivity index is 1.43. The van der Waals surface area contributed by atoms with E-state index in [1.165, 1.54) is 0 Å². The Kier molecular flexibility index (Phi) is 10.7. The summed E-state index contributed by atoms with van der Waals surface area (Å²) in [5.41, 5.74) is 4.90. The van der Waals surface area contributed by atoms with Gasteiger partial charge >= 0.3 is 6.03 Å². The second kappa shape index (κ2) is 12.7. The number of amides is 3. The number of hydrogen-bond acceptors (Lipinski definition) is 7. The van der Waals surface area contributed by atoms with Crippen molar-refractivity contribution in [2.45, 2.75) is 55.9 Å². The molecule has 3 atom stereocenters. The van der Waals surface area contributed by atoms with Gasteiger partial charge in [0, 0.05) is 30.5 Å². The maximum Gasteiger partial charge on any atom is 0.315 e. The Morgan fingerprint density at radius 1 is 1.10 bits per heavy atom. The van der Waals surface area contributed by atoms with Gasteiger partial charge in [0.25, 0.3) is 0 Å². The Hall–Kier alpha value is -1.07. The van der Waals surface area contributed by atoms with E-state index in [1.807, 2.05) is 11.8 Å². The molecule has 3 unspecified atom stereocenters. The summed E-state index contributed by atoms with van der Waals surface area (Å²) in [5, 5.41) is 9.43. The molecule has 2 aliphatic heterocycles. The number of fused-ring (bicyclic) bond motifs is 1. The molecule has 30 heavy (non-hydrogen) atoms. The molecule has 0 bridgehead atoms. The van der Waals surface area contributed by atoms with Gasteiger partial charge in [-0.3, -0.25) is 4.79 Å². The zero-order valence-electron chi connectivity index (χ0n) is 18.3. The van der Waals surface area contributed by atoms with Crippen LogP contribution in [0.1, 0.15) is 39.5 Å². The molecule has 2 saturated heterocycles. The van der Waals surface area contributed by atoms with Crippen molar-refractivity contribution in [3.63, 3.8) is 0 Å². The van der Waals surface area contributed by atoms with Gasteiger partial charge in [0.2, 0.25) is 5.91 Å². The number of nitrogens with one attached hydrogen (secondary N) is 3. The summed E-state index contributed by atoms with van der Waals surface area (Å²) in [6.07, 6.45) is 3.32. The Morgan fingerprint density at radius 3 is 2.47 bits per heavy atom.